The Morgan fingerprint density at radius 1 is 1.33 bits per heavy atom. The summed E-state index contributed by atoms with van der Waals surface area (Å²) in [7, 11) is 1.99. The Labute approximate surface area is 147 Å². The van der Waals surface area contributed by atoms with Gasteiger partial charge in [-0.25, -0.2) is 4.98 Å². The molecule has 0 saturated heterocycles. The molecule has 0 radical (unpaired) electrons. The number of nitrogens with zero attached hydrogens (tertiary/aromatic N) is 2. The lowest BCUT2D eigenvalue weighted by atomic mass is 9.63. The Hall–Kier alpha value is -1.81. The van der Waals surface area contributed by atoms with E-state index in [2.05, 4.69) is 10.3 Å². The smallest absolute Gasteiger partial charge is 0.231 e. The molecule has 2 aliphatic carbocycles. The van der Waals surface area contributed by atoms with E-state index in [1.54, 1.807) is 6.20 Å². The van der Waals surface area contributed by atoms with E-state index in [1.807, 2.05) is 42.1 Å². The third-order valence-electron chi connectivity index (χ3n) is 5.56. The van der Waals surface area contributed by atoms with Gasteiger partial charge < -0.3 is 9.88 Å². The number of carbonyl (C=O) groups excluding carboxylic acids is 1. The summed E-state index contributed by atoms with van der Waals surface area (Å²) >= 11 is 6.01. The van der Waals surface area contributed by atoms with Crippen molar-refractivity contribution in [1.82, 2.24) is 14.9 Å². The zero-order valence-corrected chi connectivity index (χ0v) is 14.6. The van der Waals surface area contributed by atoms with Gasteiger partial charge in [0.25, 0.3) is 0 Å². The van der Waals surface area contributed by atoms with Crippen LogP contribution in [0.4, 0.5) is 0 Å². The van der Waals surface area contributed by atoms with Crippen molar-refractivity contribution in [3.63, 3.8) is 0 Å². The van der Waals surface area contributed by atoms with Crippen molar-refractivity contribution in [3.05, 3.63) is 53.1 Å². The van der Waals surface area contributed by atoms with Gasteiger partial charge in [-0.05, 0) is 49.3 Å². The summed E-state index contributed by atoms with van der Waals surface area (Å²) < 4.78 is 2.01. The molecule has 4 nitrogen and oxygen atoms in total. The van der Waals surface area contributed by atoms with Crippen LogP contribution in [0, 0.1) is 5.92 Å². The number of hydrogen-bond donors (Lipinski definition) is 1. The highest BCUT2D eigenvalue weighted by molar-refractivity contribution is 6.30. The van der Waals surface area contributed by atoms with Crippen LogP contribution < -0.4 is 5.32 Å². The SMILES string of the molecule is Cn1ccnc1[C@@H](NC(=O)C1(c2ccc(Cl)cc2)CCC1)C1CC1. The van der Waals surface area contributed by atoms with Crippen LogP contribution in [0.25, 0.3) is 0 Å². The highest BCUT2D eigenvalue weighted by Crippen LogP contribution is 2.46. The minimum absolute atomic E-state index is 0.0160. The van der Waals surface area contributed by atoms with Gasteiger partial charge in [-0.3, -0.25) is 4.79 Å². The molecule has 2 fully saturated rings. The molecule has 5 heteroatoms. The van der Waals surface area contributed by atoms with Crippen molar-refractivity contribution in [1.29, 1.82) is 0 Å². The lowest BCUT2D eigenvalue weighted by Crippen LogP contribution is -2.50. The van der Waals surface area contributed by atoms with Crippen LogP contribution in [0.5, 0.6) is 0 Å². The number of hydrogen-bond acceptors (Lipinski definition) is 2. The summed E-state index contributed by atoms with van der Waals surface area (Å²) in [5.74, 6) is 1.60. The van der Waals surface area contributed by atoms with Crippen molar-refractivity contribution < 1.29 is 4.79 Å². The minimum Gasteiger partial charge on any atom is -0.345 e. The number of aryl methyl sites for hydroxylation is 1. The number of nitrogens with one attached hydrogen (secondary N) is 1. The molecule has 1 amide bonds. The Morgan fingerprint density at radius 2 is 2.04 bits per heavy atom. The lowest BCUT2D eigenvalue weighted by Gasteiger charge is -2.41. The molecular weight excluding hydrogens is 322 g/mol. The fourth-order valence-electron chi connectivity index (χ4n) is 3.73. The lowest BCUT2D eigenvalue weighted by molar-refractivity contribution is -0.131. The van der Waals surface area contributed by atoms with Crippen LogP contribution in [-0.4, -0.2) is 15.5 Å². The van der Waals surface area contributed by atoms with Crippen molar-refractivity contribution >= 4 is 17.5 Å². The van der Waals surface area contributed by atoms with Gasteiger partial charge in [-0.2, -0.15) is 0 Å². The van der Waals surface area contributed by atoms with Crippen LogP contribution in [0.3, 0.4) is 0 Å². The van der Waals surface area contributed by atoms with Crippen LogP contribution in [0.15, 0.2) is 36.7 Å². The highest BCUT2D eigenvalue weighted by Gasteiger charge is 2.47. The van der Waals surface area contributed by atoms with Gasteiger partial charge in [-0.1, -0.05) is 30.2 Å². The summed E-state index contributed by atoms with van der Waals surface area (Å²) in [6.07, 6.45) is 8.95. The maximum atomic E-state index is 13.2. The summed E-state index contributed by atoms with van der Waals surface area (Å²) in [6, 6.07) is 7.76. The third kappa shape index (κ3) is 2.63. The number of carbonyl (C=O) groups is 1. The molecule has 0 aliphatic heterocycles. The molecule has 1 N–H and O–H groups in total. The van der Waals surface area contributed by atoms with Gasteiger partial charge >= 0.3 is 0 Å². The topological polar surface area (TPSA) is 46.9 Å². The summed E-state index contributed by atoms with van der Waals surface area (Å²) in [5.41, 5.74) is 0.674. The number of aromatic nitrogens is 2. The molecule has 2 aromatic rings. The first-order valence-electron chi connectivity index (χ1n) is 8.64. The average Bonchev–Trinajstić information content (AvgIpc) is 3.27. The monoisotopic (exact) mass is 343 g/mol. The van der Waals surface area contributed by atoms with E-state index < -0.39 is 5.41 Å². The number of imidazole rings is 1. The van der Waals surface area contributed by atoms with E-state index in [4.69, 9.17) is 11.6 Å². The van der Waals surface area contributed by atoms with Crippen LogP contribution >= 0.6 is 11.6 Å². The normalized spacial score (nSPS) is 20.2. The second-order valence-electron chi connectivity index (χ2n) is 7.13. The van der Waals surface area contributed by atoms with Gasteiger partial charge in [0, 0.05) is 24.5 Å². The Morgan fingerprint density at radius 3 is 2.54 bits per heavy atom. The molecule has 2 aliphatic rings. The molecule has 2 saturated carbocycles. The average molecular weight is 344 g/mol. The zero-order chi connectivity index (χ0) is 16.7. The number of amides is 1. The highest BCUT2D eigenvalue weighted by atomic mass is 35.5. The van der Waals surface area contributed by atoms with Crippen molar-refractivity contribution in [2.24, 2.45) is 13.0 Å². The Balaban J connectivity index is 1.59. The predicted molar refractivity (Wildman–Crippen MR) is 93.8 cm³/mol. The molecule has 0 unspecified atom stereocenters. The first-order valence-corrected chi connectivity index (χ1v) is 9.02. The number of benzene rings is 1. The Bertz CT molecular complexity index is 744. The summed E-state index contributed by atoms with van der Waals surface area (Å²) in [5, 5.41) is 4.03. The van der Waals surface area contributed by atoms with Gasteiger partial charge in [0.1, 0.15) is 5.82 Å². The quantitative estimate of drug-likeness (QED) is 0.898. The summed E-state index contributed by atoms with van der Waals surface area (Å²) in [6.45, 7) is 0. The van der Waals surface area contributed by atoms with Gasteiger partial charge in [0.15, 0.2) is 0 Å². The number of rotatable bonds is 5. The second kappa shape index (κ2) is 5.92. The van der Waals surface area contributed by atoms with Crippen LogP contribution in [0.2, 0.25) is 5.02 Å². The minimum atomic E-state index is -0.400. The standard InChI is InChI=1S/C19H22ClN3O/c1-23-12-11-21-17(23)16(13-3-4-13)22-18(24)19(9-2-10-19)14-5-7-15(20)8-6-14/h5-8,11-13,16H,2-4,9-10H2,1H3,(H,22,24)/t16-/m0/s1. The summed E-state index contributed by atoms with van der Waals surface area (Å²) in [4.78, 5) is 17.7. The Kier molecular flexibility index (Phi) is 3.87. The first kappa shape index (κ1) is 15.7. The predicted octanol–water partition coefficient (Wildman–Crippen LogP) is 3.76. The first-order chi connectivity index (χ1) is 11.6. The molecular formula is C19H22ClN3O. The van der Waals surface area contributed by atoms with Gasteiger partial charge in [0.05, 0.1) is 11.5 Å². The molecule has 1 aromatic carbocycles. The fourth-order valence-corrected chi connectivity index (χ4v) is 3.85. The number of halogens is 1. The zero-order valence-electron chi connectivity index (χ0n) is 13.8. The maximum absolute atomic E-state index is 13.2. The van der Waals surface area contributed by atoms with E-state index in [-0.39, 0.29) is 11.9 Å². The molecule has 126 valence electrons. The van der Waals surface area contributed by atoms with Crippen LogP contribution in [-0.2, 0) is 17.3 Å². The van der Waals surface area contributed by atoms with E-state index in [9.17, 15) is 4.79 Å². The van der Waals surface area contributed by atoms with E-state index in [1.165, 1.54) is 0 Å². The fraction of sp³-hybridized carbons (Fsp3) is 0.474. The van der Waals surface area contributed by atoms with Gasteiger partial charge in [0.2, 0.25) is 5.91 Å². The molecule has 0 bridgehead atoms. The van der Waals surface area contributed by atoms with Crippen molar-refractivity contribution in [2.75, 3.05) is 0 Å². The van der Waals surface area contributed by atoms with Crippen molar-refractivity contribution in [3.8, 4) is 0 Å². The van der Waals surface area contributed by atoms with E-state index >= 15 is 0 Å². The van der Waals surface area contributed by atoms with Crippen molar-refractivity contribution in [2.45, 2.75) is 43.6 Å². The largest absolute Gasteiger partial charge is 0.345 e. The van der Waals surface area contributed by atoms with Crippen LogP contribution in [0.1, 0.15) is 49.5 Å². The molecule has 4 rings (SSSR count). The van der Waals surface area contributed by atoms with Gasteiger partial charge in [-0.15, -0.1) is 0 Å². The van der Waals surface area contributed by atoms with E-state index in [0.29, 0.717) is 10.9 Å². The molecule has 24 heavy (non-hydrogen) atoms. The molecule has 1 aromatic heterocycles. The molecule has 0 spiro atoms. The second-order valence-corrected chi connectivity index (χ2v) is 7.56. The molecule has 1 heterocycles. The molecule has 1 atom stereocenters. The third-order valence-corrected chi connectivity index (χ3v) is 5.81. The maximum Gasteiger partial charge on any atom is 0.231 e. The van der Waals surface area contributed by atoms with E-state index in [0.717, 1.165) is 43.5 Å².